The second-order valence-electron chi connectivity index (χ2n) is 4.02. The minimum atomic E-state index is -0.317. The fourth-order valence-electron chi connectivity index (χ4n) is 1.76. The number of para-hydroxylation sites is 1. The molecule has 2 aromatic rings. The number of allylic oxidation sites excluding steroid dienone is 1. The quantitative estimate of drug-likeness (QED) is 0.603. The molecule has 2 rings (SSSR count). The minimum absolute atomic E-state index is 0.0256. The zero-order chi connectivity index (χ0) is 14.5. The summed E-state index contributed by atoms with van der Waals surface area (Å²) in [5.41, 5.74) is 1.08. The molecule has 0 amide bonds. The van der Waals surface area contributed by atoms with Gasteiger partial charge >= 0.3 is 0 Å². The van der Waals surface area contributed by atoms with Crippen LogP contribution in [0.4, 0.5) is 0 Å². The van der Waals surface area contributed by atoms with E-state index in [1.807, 2.05) is 12.1 Å². The molecule has 0 N–H and O–H groups in total. The molecule has 0 aromatic heterocycles. The van der Waals surface area contributed by atoms with Gasteiger partial charge in [0.25, 0.3) is 0 Å². The first-order valence-electron chi connectivity index (χ1n) is 5.93. The van der Waals surface area contributed by atoms with Gasteiger partial charge in [-0.2, -0.15) is 0 Å². The Bertz CT molecular complexity index is 649. The summed E-state index contributed by atoms with van der Waals surface area (Å²) in [7, 11) is 1.54. The van der Waals surface area contributed by atoms with Crippen LogP contribution in [-0.4, -0.2) is 12.9 Å². The van der Waals surface area contributed by atoms with E-state index in [9.17, 15) is 4.79 Å². The Morgan fingerprint density at radius 1 is 0.950 bits per heavy atom. The lowest BCUT2D eigenvalue weighted by Gasteiger charge is -2.08. The van der Waals surface area contributed by atoms with Gasteiger partial charge < -0.3 is 4.74 Å². The summed E-state index contributed by atoms with van der Waals surface area (Å²) in [6.07, 6.45) is 0. The predicted molar refractivity (Wildman–Crippen MR) is 82.4 cm³/mol. The number of hydrogen-bond donors (Lipinski definition) is 0. The highest BCUT2D eigenvalue weighted by atomic mass is 35.5. The van der Waals surface area contributed by atoms with Gasteiger partial charge in [0.05, 0.1) is 12.1 Å². The number of benzene rings is 2. The number of Topliss-reactive ketones (excluding diaryl/α,β-unsaturated/α-hetero) is 1. The molecule has 102 valence electrons. The van der Waals surface area contributed by atoms with Crippen molar-refractivity contribution < 1.29 is 9.53 Å². The van der Waals surface area contributed by atoms with Crippen molar-refractivity contribution in [3.63, 3.8) is 0 Å². The lowest BCUT2D eigenvalue weighted by Crippen LogP contribution is -2.00. The van der Waals surface area contributed by atoms with Gasteiger partial charge in [-0.3, -0.25) is 4.79 Å². The molecule has 0 unspecified atom stereocenters. The summed E-state index contributed by atoms with van der Waals surface area (Å²) >= 11 is 12.4. The normalized spacial score (nSPS) is 11.8. The third-order valence-electron chi connectivity index (χ3n) is 2.77. The molecule has 4 heteroatoms. The average molecular weight is 307 g/mol. The number of hydrogen-bond acceptors (Lipinski definition) is 2. The second-order valence-corrected chi connectivity index (χ2v) is 4.78. The van der Waals surface area contributed by atoms with Crippen LogP contribution >= 0.6 is 23.2 Å². The Morgan fingerprint density at radius 2 is 1.55 bits per heavy atom. The predicted octanol–water partition coefficient (Wildman–Crippen LogP) is 4.72. The number of carbonyl (C=O) groups is 1. The van der Waals surface area contributed by atoms with Gasteiger partial charge in [-0.25, -0.2) is 0 Å². The standard InChI is InChI=1S/C16H12Cl2O2/c1-20-13-10-6-5-9-12(13)14(17)15(18)16(19)11-7-3-2-4-8-11/h2-10H,1H3. The lowest BCUT2D eigenvalue weighted by atomic mass is 10.1. The molecule has 2 aromatic carbocycles. The van der Waals surface area contributed by atoms with E-state index < -0.39 is 0 Å². The first-order chi connectivity index (χ1) is 9.65. The van der Waals surface area contributed by atoms with Crippen molar-refractivity contribution in [2.75, 3.05) is 7.11 Å². The molecule has 0 spiro atoms. The van der Waals surface area contributed by atoms with Crippen LogP contribution in [-0.2, 0) is 0 Å². The van der Waals surface area contributed by atoms with E-state index in [1.54, 1.807) is 42.5 Å². The molecule has 0 atom stereocenters. The Hall–Kier alpha value is -1.77. The largest absolute Gasteiger partial charge is 0.496 e. The lowest BCUT2D eigenvalue weighted by molar-refractivity contribution is 0.104. The number of rotatable bonds is 4. The summed E-state index contributed by atoms with van der Waals surface area (Å²) in [6, 6.07) is 15.9. The number of halogens is 2. The third-order valence-corrected chi connectivity index (χ3v) is 3.62. The van der Waals surface area contributed by atoms with Crippen LogP contribution in [0.25, 0.3) is 5.03 Å². The van der Waals surface area contributed by atoms with Crippen LogP contribution < -0.4 is 4.74 Å². The molecule has 0 aliphatic carbocycles. The van der Waals surface area contributed by atoms with Crippen molar-refractivity contribution in [2.24, 2.45) is 0 Å². The minimum Gasteiger partial charge on any atom is -0.496 e. The van der Waals surface area contributed by atoms with Gasteiger partial charge in [-0.05, 0) is 12.1 Å². The Kier molecular flexibility index (Phi) is 4.83. The molecule has 0 aliphatic heterocycles. The summed E-state index contributed by atoms with van der Waals surface area (Å²) in [4.78, 5) is 12.2. The first-order valence-corrected chi connectivity index (χ1v) is 6.69. The van der Waals surface area contributed by atoms with E-state index in [4.69, 9.17) is 27.9 Å². The number of carbonyl (C=O) groups excluding carboxylic acids is 1. The molecule has 20 heavy (non-hydrogen) atoms. The fourth-order valence-corrected chi connectivity index (χ4v) is 2.21. The maximum atomic E-state index is 12.2. The van der Waals surface area contributed by atoms with Crippen LogP contribution in [0, 0.1) is 0 Å². The van der Waals surface area contributed by atoms with Gasteiger partial charge in [0.2, 0.25) is 5.78 Å². The number of ketones is 1. The average Bonchev–Trinajstić information content (AvgIpc) is 2.53. The molecule has 0 fully saturated rings. The van der Waals surface area contributed by atoms with Crippen molar-refractivity contribution in [2.45, 2.75) is 0 Å². The summed E-state index contributed by atoms with van der Waals surface area (Å²) in [6.45, 7) is 0. The van der Waals surface area contributed by atoms with Gasteiger partial charge in [0, 0.05) is 11.1 Å². The summed E-state index contributed by atoms with van der Waals surface area (Å²) in [5.74, 6) is 0.250. The molecular weight excluding hydrogens is 295 g/mol. The van der Waals surface area contributed by atoms with Crippen LogP contribution in [0.1, 0.15) is 15.9 Å². The van der Waals surface area contributed by atoms with Crippen LogP contribution in [0.5, 0.6) is 5.75 Å². The van der Waals surface area contributed by atoms with E-state index in [-0.39, 0.29) is 15.8 Å². The van der Waals surface area contributed by atoms with E-state index in [1.165, 1.54) is 7.11 Å². The van der Waals surface area contributed by atoms with Gasteiger partial charge in [0.1, 0.15) is 10.8 Å². The first kappa shape index (κ1) is 14.6. The number of ether oxygens (including phenoxy) is 1. The Balaban J connectivity index is 2.44. The molecular formula is C16H12Cl2O2. The zero-order valence-corrected chi connectivity index (χ0v) is 12.3. The summed E-state index contributed by atoms with van der Waals surface area (Å²) in [5, 5.41) is 0.153. The second kappa shape index (κ2) is 6.60. The fraction of sp³-hybridized carbons (Fsp3) is 0.0625. The zero-order valence-electron chi connectivity index (χ0n) is 10.8. The van der Waals surface area contributed by atoms with Crippen molar-refractivity contribution in [3.05, 3.63) is 70.8 Å². The monoisotopic (exact) mass is 306 g/mol. The number of methoxy groups -OCH3 is 1. The molecule has 2 nitrogen and oxygen atoms in total. The third kappa shape index (κ3) is 3.03. The SMILES string of the molecule is COc1ccccc1C(Cl)=C(Cl)C(=O)c1ccccc1. The van der Waals surface area contributed by atoms with Crippen molar-refractivity contribution in [3.8, 4) is 5.75 Å². The highest BCUT2D eigenvalue weighted by molar-refractivity contribution is 6.61. The van der Waals surface area contributed by atoms with Crippen LogP contribution in [0.2, 0.25) is 0 Å². The van der Waals surface area contributed by atoms with E-state index in [0.29, 0.717) is 16.9 Å². The molecule has 0 saturated carbocycles. The molecule has 0 bridgehead atoms. The van der Waals surface area contributed by atoms with Gasteiger partial charge in [0.15, 0.2) is 0 Å². The van der Waals surface area contributed by atoms with E-state index in [2.05, 4.69) is 0 Å². The maximum absolute atomic E-state index is 12.2. The molecule has 0 heterocycles. The van der Waals surface area contributed by atoms with E-state index in [0.717, 1.165) is 0 Å². The highest BCUT2D eigenvalue weighted by Gasteiger charge is 2.17. The van der Waals surface area contributed by atoms with Crippen LogP contribution in [0.15, 0.2) is 59.6 Å². The van der Waals surface area contributed by atoms with E-state index >= 15 is 0 Å². The van der Waals surface area contributed by atoms with Gasteiger partial charge in [-0.15, -0.1) is 0 Å². The van der Waals surface area contributed by atoms with Crippen molar-refractivity contribution >= 4 is 34.0 Å². The Labute approximate surface area is 127 Å². The molecule has 0 saturated heterocycles. The highest BCUT2D eigenvalue weighted by Crippen LogP contribution is 2.33. The van der Waals surface area contributed by atoms with Crippen molar-refractivity contribution in [1.82, 2.24) is 0 Å². The maximum Gasteiger partial charge on any atom is 0.205 e. The van der Waals surface area contributed by atoms with Crippen molar-refractivity contribution in [1.29, 1.82) is 0 Å². The Morgan fingerprint density at radius 3 is 2.20 bits per heavy atom. The van der Waals surface area contributed by atoms with Crippen LogP contribution in [0.3, 0.4) is 0 Å². The topological polar surface area (TPSA) is 26.3 Å². The summed E-state index contributed by atoms with van der Waals surface area (Å²) < 4.78 is 5.21. The molecule has 0 aliphatic rings. The molecule has 0 radical (unpaired) electrons. The smallest absolute Gasteiger partial charge is 0.205 e. The van der Waals surface area contributed by atoms with Gasteiger partial charge in [-0.1, -0.05) is 65.7 Å².